The number of amides is 1. The minimum atomic E-state index is -0.879. The van der Waals surface area contributed by atoms with Crippen molar-refractivity contribution in [2.24, 2.45) is 5.92 Å². The molecule has 7 heteroatoms. The number of carboxylic acids is 1. The average molecular weight is 423 g/mol. The lowest BCUT2D eigenvalue weighted by atomic mass is 9.93. The Morgan fingerprint density at radius 3 is 2.74 bits per heavy atom. The zero-order valence-corrected chi connectivity index (χ0v) is 17.7. The van der Waals surface area contributed by atoms with Gasteiger partial charge in [-0.05, 0) is 49.3 Å². The predicted molar refractivity (Wildman–Crippen MR) is 119 cm³/mol. The summed E-state index contributed by atoms with van der Waals surface area (Å²) in [4.78, 5) is 30.6. The second kappa shape index (κ2) is 9.92. The number of unbranched alkanes of at least 4 members (excludes halogenated alkanes) is 1. The summed E-state index contributed by atoms with van der Waals surface area (Å²) >= 11 is 0. The summed E-state index contributed by atoms with van der Waals surface area (Å²) in [5.41, 5.74) is 3.14. The van der Waals surface area contributed by atoms with E-state index in [9.17, 15) is 14.7 Å². The maximum absolute atomic E-state index is 12.4. The highest BCUT2D eigenvalue weighted by atomic mass is 16.4. The number of nitrogens with one attached hydrogen (secondary N) is 2. The average Bonchev–Trinajstić information content (AvgIpc) is 2.75. The van der Waals surface area contributed by atoms with Crippen molar-refractivity contribution in [3.05, 3.63) is 59.3 Å². The highest BCUT2D eigenvalue weighted by Crippen LogP contribution is 2.29. The van der Waals surface area contributed by atoms with E-state index in [1.54, 1.807) is 0 Å². The predicted octanol–water partition coefficient (Wildman–Crippen LogP) is 2.64. The van der Waals surface area contributed by atoms with Crippen LogP contribution >= 0.6 is 0 Å². The fourth-order valence-corrected chi connectivity index (χ4v) is 4.33. The van der Waals surface area contributed by atoms with E-state index in [0.29, 0.717) is 19.6 Å². The molecule has 164 valence electrons. The Labute approximate surface area is 182 Å². The molecule has 0 saturated carbocycles. The third-order valence-corrected chi connectivity index (χ3v) is 6.11. The number of carbonyl (C=O) groups excluding carboxylic acids is 1. The monoisotopic (exact) mass is 422 g/mol. The highest BCUT2D eigenvalue weighted by molar-refractivity contribution is 5.81. The van der Waals surface area contributed by atoms with Gasteiger partial charge in [-0.2, -0.15) is 0 Å². The van der Waals surface area contributed by atoms with Crippen LogP contribution in [0.2, 0.25) is 0 Å². The summed E-state index contributed by atoms with van der Waals surface area (Å²) in [5, 5.41) is 16.0. The van der Waals surface area contributed by atoms with Crippen molar-refractivity contribution >= 4 is 17.7 Å². The molecule has 7 nitrogen and oxygen atoms in total. The SMILES string of the molecule is O=C(NCCCCc1ccc2c(n1)NCCC2)C1CN([C@H](C(=O)O)c2ccccc2)C1. The Kier molecular flexibility index (Phi) is 6.82. The molecule has 1 fully saturated rings. The summed E-state index contributed by atoms with van der Waals surface area (Å²) in [5.74, 6) is 0.0290. The molecule has 3 N–H and O–H groups in total. The van der Waals surface area contributed by atoms with E-state index in [4.69, 9.17) is 4.98 Å². The minimum Gasteiger partial charge on any atom is -0.480 e. The maximum atomic E-state index is 12.4. The lowest BCUT2D eigenvalue weighted by Crippen LogP contribution is -2.56. The van der Waals surface area contributed by atoms with Gasteiger partial charge in [0.25, 0.3) is 0 Å². The van der Waals surface area contributed by atoms with Crippen LogP contribution in [0.4, 0.5) is 5.82 Å². The third kappa shape index (κ3) is 5.22. The molecule has 3 heterocycles. The summed E-state index contributed by atoms with van der Waals surface area (Å²) in [6, 6.07) is 12.8. The quantitative estimate of drug-likeness (QED) is 0.538. The number of likely N-dealkylation sites (tertiary alicyclic amines) is 1. The number of hydrogen-bond donors (Lipinski definition) is 3. The van der Waals surface area contributed by atoms with Gasteiger partial charge in [0.2, 0.25) is 5.91 Å². The molecular formula is C24H30N4O3. The number of rotatable bonds is 9. The topological polar surface area (TPSA) is 94.6 Å². The molecule has 1 saturated heterocycles. The number of aromatic nitrogens is 1. The number of benzene rings is 1. The van der Waals surface area contributed by atoms with E-state index in [-0.39, 0.29) is 11.8 Å². The molecule has 0 radical (unpaired) electrons. The largest absolute Gasteiger partial charge is 0.480 e. The molecular weight excluding hydrogens is 392 g/mol. The fourth-order valence-electron chi connectivity index (χ4n) is 4.33. The molecule has 0 unspecified atom stereocenters. The van der Waals surface area contributed by atoms with Gasteiger partial charge in [0, 0.05) is 31.9 Å². The second-order valence-electron chi connectivity index (χ2n) is 8.39. The number of carbonyl (C=O) groups is 2. The van der Waals surface area contributed by atoms with Gasteiger partial charge in [-0.3, -0.25) is 14.5 Å². The van der Waals surface area contributed by atoms with Crippen LogP contribution in [0.3, 0.4) is 0 Å². The number of fused-ring (bicyclic) bond motifs is 1. The normalized spacial score (nSPS) is 17.2. The van der Waals surface area contributed by atoms with Gasteiger partial charge < -0.3 is 15.7 Å². The molecule has 0 bridgehead atoms. The second-order valence-corrected chi connectivity index (χ2v) is 8.39. The minimum absolute atomic E-state index is 0.0181. The van der Waals surface area contributed by atoms with Crippen molar-refractivity contribution in [2.75, 3.05) is 31.5 Å². The summed E-state index contributed by atoms with van der Waals surface area (Å²) in [6.07, 6.45) is 5.03. The Bertz CT molecular complexity index is 912. The number of aryl methyl sites for hydroxylation is 2. The Hall–Kier alpha value is -2.93. The smallest absolute Gasteiger partial charge is 0.325 e. The fraction of sp³-hybridized carbons (Fsp3) is 0.458. The Balaban J connectivity index is 1.16. The van der Waals surface area contributed by atoms with Gasteiger partial charge in [-0.1, -0.05) is 36.4 Å². The lowest BCUT2D eigenvalue weighted by molar-refractivity contribution is -0.149. The van der Waals surface area contributed by atoms with E-state index in [1.807, 2.05) is 35.2 Å². The first-order chi connectivity index (χ1) is 15.1. The van der Waals surface area contributed by atoms with Gasteiger partial charge in [-0.15, -0.1) is 0 Å². The zero-order valence-electron chi connectivity index (χ0n) is 17.7. The first-order valence-electron chi connectivity index (χ1n) is 11.1. The molecule has 1 atom stereocenters. The van der Waals surface area contributed by atoms with Gasteiger partial charge in [0.15, 0.2) is 0 Å². The molecule has 1 aromatic carbocycles. The van der Waals surface area contributed by atoms with Crippen molar-refractivity contribution in [1.29, 1.82) is 0 Å². The first kappa shape index (κ1) is 21.3. The van der Waals surface area contributed by atoms with Gasteiger partial charge in [0.05, 0.1) is 5.92 Å². The molecule has 2 aliphatic rings. The number of carboxylic acid groups (broad SMARTS) is 1. The number of pyridine rings is 1. The van der Waals surface area contributed by atoms with Crippen molar-refractivity contribution in [3.8, 4) is 0 Å². The van der Waals surface area contributed by atoms with Gasteiger partial charge in [0.1, 0.15) is 11.9 Å². The van der Waals surface area contributed by atoms with E-state index in [1.165, 1.54) is 5.56 Å². The van der Waals surface area contributed by atoms with Gasteiger partial charge >= 0.3 is 5.97 Å². The molecule has 2 aliphatic heterocycles. The molecule has 0 aliphatic carbocycles. The molecule has 1 amide bonds. The van der Waals surface area contributed by atoms with Crippen LogP contribution in [0.1, 0.15) is 42.1 Å². The highest BCUT2D eigenvalue weighted by Gasteiger charge is 2.40. The van der Waals surface area contributed by atoms with Crippen LogP contribution in [0.25, 0.3) is 0 Å². The molecule has 31 heavy (non-hydrogen) atoms. The van der Waals surface area contributed by atoms with Crippen molar-refractivity contribution < 1.29 is 14.7 Å². The summed E-state index contributed by atoms with van der Waals surface area (Å²) in [7, 11) is 0. The third-order valence-electron chi connectivity index (χ3n) is 6.11. The van der Waals surface area contributed by atoms with Crippen LogP contribution < -0.4 is 10.6 Å². The maximum Gasteiger partial charge on any atom is 0.325 e. The molecule has 4 rings (SSSR count). The van der Waals surface area contributed by atoms with E-state index < -0.39 is 12.0 Å². The van der Waals surface area contributed by atoms with E-state index >= 15 is 0 Å². The summed E-state index contributed by atoms with van der Waals surface area (Å²) < 4.78 is 0. The number of nitrogens with zero attached hydrogens (tertiary/aromatic N) is 2. The summed E-state index contributed by atoms with van der Waals surface area (Å²) in [6.45, 7) is 2.58. The Morgan fingerprint density at radius 1 is 1.16 bits per heavy atom. The zero-order chi connectivity index (χ0) is 21.6. The first-order valence-corrected chi connectivity index (χ1v) is 11.1. The number of aliphatic carboxylic acids is 1. The van der Waals surface area contributed by atoms with E-state index in [0.717, 1.165) is 55.7 Å². The van der Waals surface area contributed by atoms with Crippen LogP contribution in [0.15, 0.2) is 42.5 Å². The molecule has 0 spiro atoms. The van der Waals surface area contributed by atoms with E-state index in [2.05, 4.69) is 22.8 Å². The molecule has 1 aromatic heterocycles. The number of hydrogen-bond acceptors (Lipinski definition) is 5. The standard InChI is InChI=1S/C24H30N4O3/c29-23(19-15-28(16-19)21(24(30)31)17-7-2-1-3-8-17)26-13-5-4-10-20-12-11-18-9-6-14-25-22(18)27-20/h1-3,7-8,11-12,19,21H,4-6,9-10,13-16H2,(H,25,27)(H,26,29)(H,30,31)/t21-/m0/s1. The lowest BCUT2D eigenvalue weighted by Gasteiger charge is -2.41. The van der Waals surface area contributed by atoms with Crippen molar-refractivity contribution in [1.82, 2.24) is 15.2 Å². The van der Waals surface area contributed by atoms with Crippen LogP contribution in [-0.2, 0) is 22.4 Å². The number of anilines is 1. The van der Waals surface area contributed by atoms with Crippen molar-refractivity contribution in [3.63, 3.8) is 0 Å². The van der Waals surface area contributed by atoms with Crippen molar-refractivity contribution in [2.45, 2.75) is 38.1 Å². The van der Waals surface area contributed by atoms with Gasteiger partial charge in [-0.25, -0.2) is 4.98 Å². The van der Waals surface area contributed by atoms with Crippen LogP contribution in [0.5, 0.6) is 0 Å². The van der Waals surface area contributed by atoms with Crippen LogP contribution in [0, 0.1) is 5.92 Å². The van der Waals surface area contributed by atoms with Crippen LogP contribution in [-0.4, -0.2) is 53.0 Å². The Morgan fingerprint density at radius 2 is 1.97 bits per heavy atom. The molecule has 2 aromatic rings.